The van der Waals surface area contributed by atoms with Crippen molar-refractivity contribution in [3.8, 4) is 17.2 Å². The lowest BCUT2D eigenvalue weighted by Gasteiger charge is -2.03. The fourth-order valence-corrected chi connectivity index (χ4v) is 2.35. The van der Waals surface area contributed by atoms with Crippen LogP contribution < -0.4 is 5.32 Å². The van der Waals surface area contributed by atoms with Crippen molar-refractivity contribution in [2.75, 3.05) is 5.32 Å². The van der Waals surface area contributed by atoms with Gasteiger partial charge in [0.2, 0.25) is 5.82 Å². The van der Waals surface area contributed by atoms with Gasteiger partial charge in [0.05, 0.1) is 11.9 Å². The molecular weight excluding hydrogens is 351 g/mol. The van der Waals surface area contributed by atoms with Crippen molar-refractivity contribution in [1.29, 1.82) is 0 Å². The normalized spacial score (nSPS) is 10.7. The number of halogens is 1. The van der Waals surface area contributed by atoms with E-state index < -0.39 is 11.7 Å². The van der Waals surface area contributed by atoms with Crippen molar-refractivity contribution in [1.82, 2.24) is 25.1 Å². The first-order valence-corrected chi connectivity index (χ1v) is 7.99. The van der Waals surface area contributed by atoms with Gasteiger partial charge in [0.1, 0.15) is 5.82 Å². The summed E-state index contributed by atoms with van der Waals surface area (Å²) in [7, 11) is 0. The minimum absolute atomic E-state index is 0.123. The highest BCUT2D eigenvalue weighted by atomic mass is 19.1. The molecule has 4 rings (SSSR count). The van der Waals surface area contributed by atoms with Gasteiger partial charge in [-0.25, -0.2) is 9.07 Å². The number of benzene rings is 2. The minimum Gasteiger partial charge on any atom is -0.328 e. The van der Waals surface area contributed by atoms with Crippen LogP contribution in [-0.4, -0.2) is 31.0 Å². The number of carbonyl (C=O) groups excluding carboxylic acids is 1. The van der Waals surface area contributed by atoms with Gasteiger partial charge < -0.3 is 9.84 Å². The van der Waals surface area contributed by atoms with E-state index in [1.807, 2.05) is 30.3 Å². The molecule has 8 nitrogen and oxygen atoms in total. The largest absolute Gasteiger partial charge is 0.328 e. The second-order valence-electron chi connectivity index (χ2n) is 5.73. The average molecular weight is 364 g/mol. The summed E-state index contributed by atoms with van der Waals surface area (Å²) >= 11 is 0. The summed E-state index contributed by atoms with van der Waals surface area (Å²) < 4.78 is 20.1. The van der Waals surface area contributed by atoms with E-state index in [0.717, 1.165) is 5.69 Å². The van der Waals surface area contributed by atoms with Gasteiger partial charge in [0.15, 0.2) is 5.69 Å². The van der Waals surface area contributed by atoms with Crippen LogP contribution in [0.15, 0.2) is 59.3 Å². The zero-order chi connectivity index (χ0) is 18.8. The Morgan fingerprint density at radius 1 is 1.19 bits per heavy atom. The molecule has 9 heteroatoms. The molecule has 0 fully saturated rings. The van der Waals surface area contributed by atoms with Crippen molar-refractivity contribution in [3.63, 3.8) is 0 Å². The molecule has 0 bridgehead atoms. The number of rotatable bonds is 4. The Morgan fingerprint density at radius 3 is 2.78 bits per heavy atom. The molecule has 0 spiro atoms. The predicted molar refractivity (Wildman–Crippen MR) is 93.7 cm³/mol. The van der Waals surface area contributed by atoms with Gasteiger partial charge in [0, 0.05) is 5.69 Å². The summed E-state index contributed by atoms with van der Waals surface area (Å²) in [6, 6.07) is 13.7. The molecule has 0 aliphatic heterocycles. The first-order chi connectivity index (χ1) is 13.1. The molecular formula is C18H13FN6O2. The van der Waals surface area contributed by atoms with E-state index in [9.17, 15) is 9.18 Å². The van der Waals surface area contributed by atoms with Gasteiger partial charge in [-0.05, 0) is 36.8 Å². The van der Waals surface area contributed by atoms with Gasteiger partial charge in [0.25, 0.3) is 0 Å². The number of carbonyl (C=O) groups is 1. The van der Waals surface area contributed by atoms with E-state index in [1.165, 1.54) is 6.07 Å². The highest BCUT2D eigenvalue weighted by Crippen LogP contribution is 2.17. The number of amides is 1. The summed E-state index contributed by atoms with van der Waals surface area (Å²) in [5, 5.41) is 14.2. The van der Waals surface area contributed by atoms with Gasteiger partial charge in [-0.1, -0.05) is 34.6 Å². The SMILES string of the molecule is Cc1ccc(NC(=O)c2nc(-c3cn(-c4ccccc4)nn3)no2)cc1F. The fourth-order valence-electron chi connectivity index (χ4n) is 2.35. The van der Waals surface area contributed by atoms with Gasteiger partial charge >= 0.3 is 11.8 Å². The van der Waals surface area contributed by atoms with Crippen LogP contribution in [0.3, 0.4) is 0 Å². The van der Waals surface area contributed by atoms with Crippen molar-refractivity contribution >= 4 is 11.6 Å². The third-order valence-corrected chi connectivity index (χ3v) is 3.79. The Labute approximate surface area is 152 Å². The number of hydrogen-bond donors (Lipinski definition) is 1. The summed E-state index contributed by atoms with van der Waals surface area (Å²) in [4.78, 5) is 16.2. The molecule has 2 aromatic heterocycles. The molecule has 2 aromatic carbocycles. The molecule has 0 unspecified atom stereocenters. The van der Waals surface area contributed by atoms with Gasteiger partial charge in [-0.15, -0.1) is 5.10 Å². The van der Waals surface area contributed by atoms with Gasteiger partial charge in [-0.3, -0.25) is 4.79 Å². The topological polar surface area (TPSA) is 98.7 Å². The van der Waals surface area contributed by atoms with Crippen LogP contribution in [0.5, 0.6) is 0 Å². The molecule has 1 amide bonds. The van der Waals surface area contributed by atoms with E-state index in [-0.39, 0.29) is 17.4 Å². The van der Waals surface area contributed by atoms with Crippen molar-refractivity contribution < 1.29 is 13.7 Å². The molecule has 1 N–H and O–H groups in total. The van der Waals surface area contributed by atoms with Crippen molar-refractivity contribution in [2.45, 2.75) is 6.92 Å². The minimum atomic E-state index is -0.646. The average Bonchev–Trinajstić information content (AvgIpc) is 3.35. The molecule has 0 saturated heterocycles. The highest BCUT2D eigenvalue weighted by Gasteiger charge is 2.18. The van der Waals surface area contributed by atoms with Crippen LogP contribution >= 0.6 is 0 Å². The number of aryl methyl sites for hydroxylation is 1. The quantitative estimate of drug-likeness (QED) is 0.598. The lowest BCUT2D eigenvalue weighted by Crippen LogP contribution is -2.12. The number of nitrogens with one attached hydrogen (secondary N) is 1. The second-order valence-corrected chi connectivity index (χ2v) is 5.73. The lowest BCUT2D eigenvalue weighted by atomic mass is 10.2. The van der Waals surface area contributed by atoms with Gasteiger partial charge in [-0.2, -0.15) is 4.98 Å². The zero-order valence-electron chi connectivity index (χ0n) is 14.1. The molecule has 0 radical (unpaired) electrons. The second kappa shape index (κ2) is 6.79. The lowest BCUT2D eigenvalue weighted by molar-refractivity contribution is 0.0981. The highest BCUT2D eigenvalue weighted by molar-refractivity contribution is 6.01. The molecule has 0 atom stereocenters. The molecule has 134 valence electrons. The van der Waals surface area contributed by atoms with E-state index in [2.05, 4.69) is 25.8 Å². The van der Waals surface area contributed by atoms with E-state index >= 15 is 0 Å². The zero-order valence-corrected chi connectivity index (χ0v) is 14.1. The maximum absolute atomic E-state index is 13.6. The number of aromatic nitrogens is 5. The summed E-state index contributed by atoms with van der Waals surface area (Å²) in [6.45, 7) is 1.63. The Balaban J connectivity index is 1.52. The number of hydrogen-bond acceptors (Lipinski definition) is 6. The Kier molecular flexibility index (Phi) is 4.17. The predicted octanol–water partition coefficient (Wildman–Crippen LogP) is 3.02. The Hall–Kier alpha value is -3.88. The van der Waals surface area contributed by atoms with Crippen LogP contribution in [0, 0.1) is 12.7 Å². The Bertz CT molecular complexity index is 1110. The van der Waals surface area contributed by atoms with Crippen LogP contribution in [0.1, 0.15) is 16.2 Å². The molecule has 0 aliphatic carbocycles. The summed E-state index contributed by atoms with van der Waals surface area (Å²) in [5.74, 6) is -1.21. The van der Waals surface area contributed by atoms with Crippen LogP contribution in [0.4, 0.5) is 10.1 Å². The molecule has 2 heterocycles. The van der Waals surface area contributed by atoms with Crippen LogP contribution in [0.2, 0.25) is 0 Å². The van der Waals surface area contributed by atoms with E-state index in [4.69, 9.17) is 4.52 Å². The molecule has 0 aliphatic rings. The number of nitrogens with zero attached hydrogens (tertiary/aromatic N) is 5. The van der Waals surface area contributed by atoms with Crippen LogP contribution in [-0.2, 0) is 0 Å². The third-order valence-electron chi connectivity index (χ3n) is 3.79. The Morgan fingerprint density at radius 2 is 2.00 bits per heavy atom. The molecule has 27 heavy (non-hydrogen) atoms. The third kappa shape index (κ3) is 3.43. The summed E-state index contributed by atoms with van der Waals surface area (Å²) in [6.07, 6.45) is 1.62. The first-order valence-electron chi connectivity index (χ1n) is 7.99. The fraction of sp³-hybridized carbons (Fsp3) is 0.0556. The number of para-hydroxylation sites is 1. The van der Waals surface area contributed by atoms with Crippen LogP contribution in [0.25, 0.3) is 17.2 Å². The standard InChI is InChI=1S/C18H13FN6O2/c1-11-7-8-12(9-14(11)19)20-17(26)18-21-16(23-27-18)15-10-25(24-22-15)13-5-3-2-4-6-13/h2-10H,1H3,(H,20,26). The molecule has 0 saturated carbocycles. The number of anilines is 1. The van der Waals surface area contributed by atoms with Crippen molar-refractivity contribution in [3.05, 3.63) is 72.0 Å². The van der Waals surface area contributed by atoms with E-state index in [0.29, 0.717) is 11.3 Å². The van der Waals surface area contributed by atoms with Crippen molar-refractivity contribution in [2.24, 2.45) is 0 Å². The summed E-state index contributed by atoms with van der Waals surface area (Å²) in [5.41, 5.74) is 1.94. The molecule has 4 aromatic rings. The van der Waals surface area contributed by atoms with E-state index in [1.54, 1.807) is 29.9 Å². The maximum atomic E-state index is 13.6. The smallest absolute Gasteiger partial charge is 0.316 e. The monoisotopic (exact) mass is 364 g/mol. The first kappa shape index (κ1) is 16.6. The maximum Gasteiger partial charge on any atom is 0.316 e.